The molecule has 1 aromatic carbocycles. The molecule has 22 heavy (non-hydrogen) atoms. The van der Waals surface area contributed by atoms with Gasteiger partial charge in [-0.15, -0.1) is 0 Å². The zero-order valence-corrected chi connectivity index (χ0v) is 11.7. The first-order valence-electron chi connectivity index (χ1n) is 6.52. The SMILES string of the molecule is NC(=O)c1[nH]c(COCCOC(=O)c2ccccc2)nc1N. The number of carbonyl (C=O) groups is 2. The number of nitrogens with two attached hydrogens (primary N) is 2. The maximum atomic E-state index is 11.6. The van der Waals surface area contributed by atoms with Crippen LogP contribution in [0.4, 0.5) is 5.82 Å². The molecule has 116 valence electrons. The predicted octanol–water partition coefficient (Wildman–Crippen LogP) is 0.464. The van der Waals surface area contributed by atoms with Gasteiger partial charge in [-0.05, 0) is 12.1 Å². The highest BCUT2D eigenvalue weighted by molar-refractivity contribution is 5.95. The summed E-state index contributed by atoms with van der Waals surface area (Å²) in [4.78, 5) is 29.2. The maximum absolute atomic E-state index is 11.6. The van der Waals surface area contributed by atoms with Crippen molar-refractivity contribution in [2.75, 3.05) is 18.9 Å². The summed E-state index contributed by atoms with van der Waals surface area (Å²) >= 11 is 0. The molecule has 5 N–H and O–H groups in total. The van der Waals surface area contributed by atoms with E-state index in [-0.39, 0.29) is 31.3 Å². The first-order chi connectivity index (χ1) is 10.6. The molecule has 1 aromatic heterocycles. The highest BCUT2D eigenvalue weighted by atomic mass is 16.6. The lowest BCUT2D eigenvalue weighted by molar-refractivity contribution is 0.0279. The third kappa shape index (κ3) is 4.06. The summed E-state index contributed by atoms with van der Waals surface area (Å²) in [6.07, 6.45) is 0. The highest BCUT2D eigenvalue weighted by Gasteiger charge is 2.12. The van der Waals surface area contributed by atoms with Crippen molar-refractivity contribution in [1.29, 1.82) is 0 Å². The Balaban J connectivity index is 1.70. The Kier molecular flexibility index (Phi) is 5.10. The average Bonchev–Trinajstić information content (AvgIpc) is 2.89. The van der Waals surface area contributed by atoms with Crippen LogP contribution >= 0.6 is 0 Å². The van der Waals surface area contributed by atoms with Gasteiger partial charge in [0.2, 0.25) is 0 Å². The number of rotatable bonds is 7. The molecule has 1 heterocycles. The monoisotopic (exact) mass is 304 g/mol. The van der Waals surface area contributed by atoms with E-state index in [1.807, 2.05) is 6.07 Å². The molecule has 0 aliphatic heterocycles. The molecule has 0 fully saturated rings. The highest BCUT2D eigenvalue weighted by Crippen LogP contribution is 2.08. The van der Waals surface area contributed by atoms with Gasteiger partial charge in [0, 0.05) is 0 Å². The Bertz CT molecular complexity index is 654. The van der Waals surface area contributed by atoms with Crippen molar-refractivity contribution < 1.29 is 19.1 Å². The van der Waals surface area contributed by atoms with Crippen molar-refractivity contribution >= 4 is 17.7 Å². The van der Waals surface area contributed by atoms with Crippen molar-refractivity contribution in [1.82, 2.24) is 9.97 Å². The normalized spacial score (nSPS) is 10.4. The third-order valence-electron chi connectivity index (χ3n) is 2.74. The van der Waals surface area contributed by atoms with E-state index in [1.165, 1.54) is 0 Å². The minimum atomic E-state index is -0.687. The number of carbonyl (C=O) groups excluding carboxylic acids is 2. The van der Waals surface area contributed by atoms with E-state index in [1.54, 1.807) is 24.3 Å². The molecular weight excluding hydrogens is 288 g/mol. The lowest BCUT2D eigenvalue weighted by atomic mass is 10.2. The number of nitrogens with one attached hydrogen (secondary N) is 1. The number of hydrogen-bond acceptors (Lipinski definition) is 6. The standard InChI is InChI=1S/C14H16N4O4/c15-12-11(13(16)19)17-10(18-12)8-21-6-7-22-14(20)9-4-2-1-3-5-9/h1-5H,6-8,15H2,(H2,16,19)(H,17,18). The number of imidazole rings is 1. The number of esters is 1. The number of amides is 1. The second-order valence-electron chi connectivity index (χ2n) is 4.36. The number of H-pyrrole nitrogens is 1. The summed E-state index contributed by atoms with van der Waals surface area (Å²) in [7, 11) is 0. The van der Waals surface area contributed by atoms with Crippen LogP contribution in [0, 0.1) is 0 Å². The maximum Gasteiger partial charge on any atom is 0.338 e. The number of benzene rings is 1. The van der Waals surface area contributed by atoms with Gasteiger partial charge in [-0.1, -0.05) is 18.2 Å². The van der Waals surface area contributed by atoms with E-state index in [4.69, 9.17) is 20.9 Å². The largest absolute Gasteiger partial charge is 0.460 e. The molecule has 2 rings (SSSR count). The van der Waals surface area contributed by atoms with Gasteiger partial charge < -0.3 is 25.9 Å². The molecule has 0 radical (unpaired) electrons. The summed E-state index contributed by atoms with van der Waals surface area (Å²) < 4.78 is 10.3. The molecule has 8 heteroatoms. The minimum Gasteiger partial charge on any atom is -0.460 e. The average molecular weight is 304 g/mol. The van der Waals surface area contributed by atoms with Crippen LogP contribution in [-0.2, 0) is 16.1 Å². The first kappa shape index (κ1) is 15.5. The number of primary amides is 1. The molecule has 0 aliphatic rings. The minimum absolute atomic E-state index is 0.0293. The van der Waals surface area contributed by atoms with E-state index in [2.05, 4.69) is 9.97 Å². The quantitative estimate of drug-likeness (QED) is 0.503. The fraction of sp³-hybridized carbons (Fsp3) is 0.214. The number of anilines is 1. The van der Waals surface area contributed by atoms with Crippen molar-refractivity contribution in [2.24, 2.45) is 5.73 Å². The number of aromatic nitrogens is 2. The Morgan fingerprint density at radius 3 is 2.55 bits per heavy atom. The van der Waals surface area contributed by atoms with E-state index in [9.17, 15) is 9.59 Å². The number of hydrogen-bond donors (Lipinski definition) is 3. The summed E-state index contributed by atoms with van der Waals surface area (Å²) in [5.41, 5.74) is 11.1. The molecule has 0 aliphatic carbocycles. The van der Waals surface area contributed by atoms with Gasteiger partial charge in [0.1, 0.15) is 24.7 Å². The fourth-order valence-corrected chi connectivity index (χ4v) is 1.71. The zero-order valence-electron chi connectivity index (χ0n) is 11.7. The second-order valence-corrected chi connectivity index (χ2v) is 4.36. The third-order valence-corrected chi connectivity index (χ3v) is 2.74. The molecule has 0 spiro atoms. The Hall–Kier alpha value is -2.87. The van der Waals surface area contributed by atoms with Crippen LogP contribution in [0.25, 0.3) is 0 Å². The topological polar surface area (TPSA) is 133 Å². The van der Waals surface area contributed by atoms with Crippen LogP contribution in [0.5, 0.6) is 0 Å². The van der Waals surface area contributed by atoms with Crippen LogP contribution in [0.15, 0.2) is 30.3 Å². The van der Waals surface area contributed by atoms with E-state index in [0.717, 1.165) is 0 Å². The van der Waals surface area contributed by atoms with Crippen LogP contribution in [-0.4, -0.2) is 35.1 Å². The van der Waals surface area contributed by atoms with Crippen molar-refractivity contribution in [3.63, 3.8) is 0 Å². The molecule has 0 saturated heterocycles. The number of ether oxygens (including phenoxy) is 2. The first-order valence-corrected chi connectivity index (χ1v) is 6.52. The molecular formula is C14H16N4O4. The summed E-state index contributed by atoms with van der Waals surface area (Å²) in [5.74, 6) is -0.696. The van der Waals surface area contributed by atoms with E-state index >= 15 is 0 Å². The molecule has 0 saturated carbocycles. The van der Waals surface area contributed by atoms with Gasteiger partial charge in [-0.2, -0.15) is 0 Å². The van der Waals surface area contributed by atoms with Crippen LogP contribution in [0.3, 0.4) is 0 Å². The lowest BCUT2D eigenvalue weighted by Crippen LogP contribution is -2.13. The lowest BCUT2D eigenvalue weighted by Gasteiger charge is -2.05. The van der Waals surface area contributed by atoms with Gasteiger partial charge in [-0.3, -0.25) is 4.79 Å². The Morgan fingerprint density at radius 1 is 1.18 bits per heavy atom. The smallest absolute Gasteiger partial charge is 0.338 e. The van der Waals surface area contributed by atoms with Crippen molar-refractivity contribution in [2.45, 2.75) is 6.61 Å². The summed E-state index contributed by atoms with van der Waals surface area (Å²) in [6, 6.07) is 8.66. The molecule has 2 aromatic rings. The van der Waals surface area contributed by atoms with Crippen LogP contribution < -0.4 is 11.5 Å². The molecule has 8 nitrogen and oxygen atoms in total. The van der Waals surface area contributed by atoms with Gasteiger partial charge in [0.15, 0.2) is 5.82 Å². The molecule has 0 atom stereocenters. The van der Waals surface area contributed by atoms with Crippen molar-refractivity contribution in [3.05, 3.63) is 47.4 Å². The van der Waals surface area contributed by atoms with Gasteiger partial charge >= 0.3 is 5.97 Å². The summed E-state index contributed by atoms with van der Waals surface area (Å²) in [6.45, 7) is 0.387. The Labute approximate surface area is 126 Å². The van der Waals surface area contributed by atoms with Crippen LogP contribution in [0.2, 0.25) is 0 Å². The zero-order chi connectivity index (χ0) is 15.9. The number of nitrogens with zero attached hydrogens (tertiary/aromatic N) is 1. The van der Waals surface area contributed by atoms with E-state index in [0.29, 0.717) is 11.4 Å². The van der Waals surface area contributed by atoms with Crippen LogP contribution in [0.1, 0.15) is 26.7 Å². The number of nitrogen functional groups attached to an aromatic ring is 1. The molecule has 0 bridgehead atoms. The van der Waals surface area contributed by atoms with Gasteiger partial charge in [-0.25, -0.2) is 9.78 Å². The Morgan fingerprint density at radius 2 is 1.91 bits per heavy atom. The fourth-order valence-electron chi connectivity index (χ4n) is 1.71. The van der Waals surface area contributed by atoms with Gasteiger partial charge in [0.05, 0.1) is 12.2 Å². The van der Waals surface area contributed by atoms with Gasteiger partial charge in [0.25, 0.3) is 5.91 Å². The van der Waals surface area contributed by atoms with E-state index < -0.39 is 11.9 Å². The number of aromatic amines is 1. The predicted molar refractivity (Wildman–Crippen MR) is 77.9 cm³/mol. The molecule has 0 unspecified atom stereocenters. The summed E-state index contributed by atoms with van der Waals surface area (Å²) in [5, 5.41) is 0. The molecule has 1 amide bonds. The second kappa shape index (κ2) is 7.23. The van der Waals surface area contributed by atoms with Crippen molar-refractivity contribution in [3.8, 4) is 0 Å².